The fourth-order valence-corrected chi connectivity index (χ4v) is 2.84. The molecule has 0 aliphatic carbocycles. The fourth-order valence-electron chi connectivity index (χ4n) is 1.51. The lowest BCUT2D eigenvalue weighted by Gasteiger charge is -2.01. The van der Waals surface area contributed by atoms with Gasteiger partial charge in [-0.25, -0.2) is 0 Å². The van der Waals surface area contributed by atoms with Gasteiger partial charge in [-0.2, -0.15) is 5.10 Å². The number of aryl methyl sites for hydroxylation is 2. The molecule has 4 heteroatoms. The van der Waals surface area contributed by atoms with Gasteiger partial charge < -0.3 is 0 Å². The van der Waals surface area contributed by atoms with E-state index in [1.165, 1.54) is 4.90 Å². The third-order valence-corrected chi connectivity index (χ3v) is 3.91. The van der Waals surface area contributed by atoms with Gasteiger partial charge in [0.2, 0.25) is 0 Å². The second-order valence-corrected chi connectivity index (χ2v) is 4.99. The number of hydrogen-bond donors (Lipinski definition) is 0. The predicted octanol–water partition coefficient (Wildman–Crippen LogP) is 3.67. The fraction of sp³-hybridized carbons (Fsp3) is 0.250. The van der Waals surface area contributed by atoms with Gasteiger partial charge in [0.05, 0.1) is 5.69 Å². The summed E-state index contributed by atoms with van der Waals surface area (Å²) in [5.41, 5.74) is 2.13. The number of aromatic nitrogens is 2. The van der Waals surface area contributed by atoms with Crippen molar-refractivity contribution < 1.29 is 0 Å². The molecule has 0 unspecified atom stereocenters. The Morgan fingerprint density at radius 2 is 2.00 bits per heavy atom. The summed E-state index contributed by atoms with van der Waals surface area (Å²) >= 11 is 7.94. The Morgan fingerprint density at radius 1 is 1.31 bits per heavy atom. The van der Waals surface area contributed by atoms with Gasteiger partial charge in [-0.15, -0.1) is 11.8 Å². The number of benzene rings is 1. The molecule has 0 aliphatic rings. The van der Waals surface area contributed by atoms with Crippen LogP contribution in [0.5, 0.6) is 0 Å². The van der Waals surface area contributed by atoms with E-state index in [9.17, 15) is 0 Å². The molecule has 1 heterocycles. The van der Waals surface area contributed by atoms with E-state index in [2.05, 4.69) is 17.2 Å². The zero-order chi connectivity index (χ0) is 11.5. The number of rotatable bonds is 3. The molecule has 0 saturated carbocycles. The molecule has 2 aromatic rings. The normalized spacial score (nSPS) is 10.7. The Kier molecular flexibility index (Phi) is 3.56. The number of hydrogen-bond acceptors (Lipinski definition) is 2. The topological polar surface area (TPSA) is 17.8 Å². The van der Waals surface area contributed by atoms with Crippen molar-refractivity contribution in [3.05, 3.63) is 46.7 Å². The van der Waals surface area contributed by atoms with E-state index in [0.717, 1.165) is 22.2 Å². The first-order valence-electron chi connectivity index (χ1n) is 5.04. The molecule has 0 spiro atoms. The highest BCUT2D eigenvalue weighted by molar-refractivity contribution is 7.98. The first kappa shape index (κ1) is 11.6. The maximum absolute atomic E-state index is 6.17. The van der Waals surface area contributed by atoms with Crippen LogP contribution in [0.3, 0.4) is 0 Å². The van der Waals surface area contributed by atoms with E-state index in [1.54, 1.807) is 16.4 Å². The molecular formula is C12H13ClN2S. The van der Waals surface area contributed by atoms with E-state index >= 15 is 0 Å². The Balaban J connectivity index is 2.11. The summed E-state index contributed by atoms with van der Waals surface area (Å²) in [6, 6.07) is 10.3. The summed E-state index contributed by atoms with van der Waals surface area (Å²) in [4.78, 5) is 1.25. The van der Waals surface area contributed by atoms with Crippen LogP contribution >= 0.6 is 23.4 Å². The largest absolute Gasteiger partial charge is 0.257 e. The van der Waals surface area contributed by atoms with E-state index in [0.29, 0.717) is 0 Å². The molecule has 0 aliphatic heterocycles. The van der Waals surface area contributed by atoms with Crippen molar-refractivity contribution in [2.45, 2.75) is 17.6 Å². The molecular weight excluding hydrogens is 240 g/mol. The Bertz CT molecular complexity index is 479. The molecule has 0 bridgehead atoms. The van der Waals surface area contributed by atoms with Crippen LogP contribution in [0.1, 0.15) is 11.3 Å². The second-order valence-electron chi connectivity index (χ2n) is 3.58. The quantitative estimate of drug-likeness (QED) is 0.776. The van der Waals surface area contributed by atoms with Crippen molar-refractivity contribution in [1.82, 2.24) is 9.78 Å². The van der Waals surface area contributed by atoms with Gasteiger partial charge >= 0.3 is 0 Å². The van der Waals surface area contributed by atoms with Crippen LogP contribution in [0.25, 0.3) is 0 Å². The molecule has 1 aromatic heterocycles. The van der Waals surface area contributed by atoms with Gasteiger partial charge in [-0.1, -0.05) is 29.8 Å². The Morgan fingerprint density at radius 3 is 2.56 bits per heavy atom. The highest BCUT2D eigenvalue weighted by Crippen LogP contribution is 2.28. The SMILES string of the molecule is Cc1nn(C)c(Cl)c1CSc1ccccc1. The van der Waals surface area contributed by atoms with Gasteiger partial charge in [0.1, 0.15) is 5.15 Å². The molecule has 0 amide bonds. The lowest BCUT2D eigenvalue weighted by Crippen LogP contribution is -1.89. The summed E-state index contributed by atoms with van der Waals surface area (Å²) in [5.74, 6) is 0.864. The van der Waals surface area contributed by atoms with E-state index in [4.69, 9.17) is 11.6 Å². The van der Waals surface area contributed by atoms with Crippen LogP contribution in [-0.2, 0) is 12.8 Å². The summed E-state index contributed by atoms with van der Waals surface area (Å²) in [7, 11) is 1.87. The maximum atomic E-state index is 6.17. The van der Waals surface area contributed by atoms with Crippen molar-refractivity contribution in [1.29, 1.82) is 0 Å². The van der Waals surface area contributed by atoms with Crippen LogP contribution in [0.2, 0.25) is 5.15 Å². The minimum Gasteiger partial charge on any atom is -0.257 e. The molecule has 0 saturated heterocycles. The van der Waals surface area contributed by atoms with E-state index in [-0.39, 0.29) is 0 Å². The number of nitrogens with zero attached hydrogens (tertiary/aromatic N) is 2. The lowest BCUT2D eigenvalue weighted by atomic mass is 10.3. The molecule has 0 atom stereocenters. The van der Waals surface area contributed by atoms with Crippen molar-refractivity contribution in [3.8, 4) is 0 Å². The number of halogens is 1. The Labute approximate surface area is 105 Å². The van der Waals surface area contributed by atoms with E-state index < -0.39 is 0 Å². The van der Waals surface area contributed by atoms with Gasteiger partial charge in [-0.05, 0) is 19.1 Å². The zero-order valence-corrected chi connectivity index (χ0v) is 10.8. The smallest absolute Gasteiger partial charge is 0.131 e. The molecule has 1 aromatic carbocycles. The van der Waals surface area contributed by atoms with Crippen molar-refractivity contribution in [2.24, 2.45) is 7.05 Å². The molecule has 84 valence electrons. The van der Waals surface area contributed by atoms with Crippen LogP contribution in [0, 0.1) is 6.92 Å². The third-order valence-electron chi connectivity index (χ3n) is 2.40. The van der Waals surface area contributed by atoms with Gasteiger partial charge in [0.25, 0.3) is 0 Å². The zero-order valence-electron chi connectivity index (χ0n) is 9.27. The first-order valence-corrected chi connectivity index (χ1v) is 6.40. The summed E-state index contributed by atoms with van der Waals surface area (Å²) in [5, 5.41) is 5.03. The van der Waals surface area contributed by atoms with Gasteiger partial charge in [-0.3, -0.25) is 4.68 Å². The standard InChI is InChI=1S/C12H13ClN2S/c1-9-11(12(13)15(2)14-9)8-16-10-6-4-3-5-7-10/h3-7H,8H2,1-2H3. The van der Waals surface area contributed by atoms with Crippen LogP contribution < -0.4 is 0 Å². The van der Waals surface area contributed by atoms with Crippen LogP contribution in [0.4, 0.5) is 0 Å². The predicted molar refractivity (Wildman–Crippen MR) is 69.0 cm³/mol. The molecule has 2 rings (SSSR count). The van der Waals surface area contributed by atoms with Crippen molar-refractivity contribution >= 4 is 23.4 Å². The van der Waals surface area contributed by atoms with Crippen molar-refractivity contribution in [2.75, 3.05) is 0 Å². The first-order chi connectivity index (χ1) is 7.68. The second kappa shape index (κ2) is 4.93. The minimum absolute atomic E-state index is 0.737. The third kappa shape index (κ3) is 2.42. The Hall–Kier alpha value is -0.930. The average molecular weight is 253 g/mol. The number of thioether (sulfide) groups is 1. The lowest BCUT2D eigenvalue weighted by molar-refractivity contribution is 0.757. The maximum Gasteiger partial charge on any atom is 0.131 e. The molecule has 16 heavy (non-hydrogen) atoms. The summed E-state index contributed by atoms with van der Waals surface area (Å²) < 4.78 is 1.72. The highest BCUT2D eigenvalue weighted by atomic mass is 35.5. The van der Waals surface area contributed by atoms with Gasteiger partial charge in [0, 0.05) is 23.3 Å². The van der Waals surface area contributed by atoms with E-state index in [1.807, 2.05) is 32.2 Å². The molecule has 0 fully saturated rings. The average Bonchev–Trinajstić information content (AvgIpc) is 2.53. The molecule has 2 nitrogen and oxygen atoms in total. The molecule has 0 radical (unpaired) electrons. The van der Waals surface area contributed by atoms with Crippen LogP contribution in [-0.4, -0.2) is 9.78 Å². The highest BCUT2D eigenvalue weighted by Gasteiger charge is 2.10. The minimum atomic E-state index is 0.737. The summed E-state index contributed by atoms with van der Waals surface area (Å²) in [6.45, 7) is 1.99. The summed E-state index contributed by atoms with van der Waals surface area (Å²) in [6.07, 6.45) is 0. The monoisotopic (exact) mass is 252 g/mol. The molecule has 0 N–H and O–H groups in total. The van der Waals surface area contributed by atoms with Crippen LogP contribution in [0.15, 0.2) is 35.2 Å². The van der Waals surface area contributed by atoms with Crippen molar-refractivity contribution in [3.63, 3.8) is 0 Å². The van der Waals surface area contributed by atoms with Gasteiger partial charge in [0.15, 0.2) is 0 Å².